The summed E-state index contributed by atoms with van der Waals surface area (Å²) in [7, 11) is 0. The SMILES string of the molecule is O=CCC=Cc1cccc2ncccc12. The van der Waals surface area contributed by atoms with Gasteiger partial charge < -0.3 is 4.79 Å². The van der Waals surface area contributed by atoms with Gasteiger partial charge in [-0.3, -0.25) is 4.98 Å². The molecule has 2 aromatic rings. The Morgan fingerprint density at radius 2 is 2.13 bits per heavy atom. The molecule has 0 amide bonds. The normalized spacial score (nSPS) is 10.9. The van der Waals surface area contributed by atoms with Crippen molar-refractivity contribution in [2.75, 3.05) is 0 Å². The van der Waals surface area contributed by atoms with E-state index >= 15 is 0 Å². The molecule has 0 N–H and O–H groups in total. The molecule has 2 heteroatoms. The van der Waals surface area contributed by atoms with Crippen molar-refractivity contribution in [1.82, 2.24) is 4.98 Å². The molecule has 0 atom stereocenters. The van der Waals surface area contributed by atoms with Crippen molar-refractivity contribution < 1.29 is 4.79 Å². The zero-order valence-corrected chi connectivity index (χ0v) is 8.26. The van der Waals surface area contributed by atoms with Crippen molar-refractivity contribution in [2.45, 2.75) is 6.42 Å². The molecule has 0 unspecified atom stereocenters. The Kier molecular flexibility index (Phi) is 2.88. The van der Waals surface area contributed by atoms with Crippen molar-refractivity contribution >= 4 is 23.3 Å². The van der Waals surface area contributed by atoms with Crippen LogP contribution in [0.25, 0.3) is 17.0 Å². The van der Waals surface area contributed by atoms with E-state index in [2.05, 4.69) is 4.98 Å². The maximum Gasteiger partial charge on any atom is 0.123 e. The highest BCUT2D eigenvalue weighted by Gasteiger charge is 1.96. The summed E-state index contributed by atoms with van der Waals surface area (Å²) < 4.78 is 0. The van der Waals surface area contributed by atoms with E-state index in [0.717, 1.165) is 22.8 Å². The molecule has 0 saturated heterocycles. The van der Waals surface area contributed by atoms with Crippen molar-refractivity contribution in [3.63, 3.8) is 0 Å². The van der Waals surface area contributed by atoms with Gasteiger partial charge in [-0.25, -0.2) is 0 Å². The summed E-state index contributed by atoms with van der Waals surface area (Å²) in [4.78, 5) is 14.5. The lowest BCUT2D eigenvalue weighted by Crippen LogP contribution is -1.80. The van der Waals surface area contributed by atoms with Crippen molar-refractivity contribution in [3.8, 4) is 0 Å². The molecule has 1 heterocycles. The van der Waals surface area contributed by atoms with Crippen LogP contribution < -0.4 is 0 Å². The first-order valence-electron chi connectivity index (χ1n) is 4.86. The molecule has 0 aliphatic rings. The fraction of sp³-hybridized carbons (Fsp3) is 0.0769. The molecule has 0 fully saturated rings. The standard InChI is InChI=1S/C13H11NO/c15-10-2-1-5-11-6-3-8-13-12(11)7-4-9-14-13/h1,3-10H,2H2. The van der Waals surface area contributed by atoms with Crippen LogP contribution >= 0.6 is 0 Å². The van der Waals surface area contributed by atoms with Crippen LogP contribution in [0.1, 0.15) is 12.0 Å². The highest BCUT2D eigenvalue weighted by molar-refractivity contribution is 5.87. The number of benzene rings is 1. The number of allylic oxidation sites excluding steroid dienone is 1. The first-order valence-corrected chi connectivity index (χ1v) is 4.86. The molecular formula is C13H11NO. The van der Waals surface area contributed by atoms with Crippen LogP contribution in [0.4, 0.5) is 0 Å². The first-order chi connectivity index (χ1) is 7.42. The molecular weight excluding hydrogens is 186 g/mol. The molecule has 1 aromatic carbocycles. The van der Waals surface area contributed by atoms with E-state index in [1.807, 2.05) is 42.5 Å². The average Bonchev–Trinajstić information content (AvgIpc) is 2.30. The fourth-order valence-corrected chi connectivity index (χ4v) is 1.52. The van der Waals surface area contributed by atoms with E-state index in [-0.39, 0.29) is 0 Å². The number of aldehydes is 1. The van der Waals surface area contributed by atoms with E-state index in [0.29, 0.717) is 6.42 Å². The number of aromatic nitrogens is 1. The summed E-state index contributed by atoms with van der Waals surface area (Å²) in [5.74, 6) is 0. The summed E-state index contributed by atoms with van der Waals surface area (Å²) in [6, 6.07) is 9.91. The molecule has 1 aromatic heterocycles. The number of pyridine rings is 1. The Labute approximate surface area is 88.3 Å². The minimum atomic E-state index is 0.455. The molecule has 74 valence electrons. The summed E-state index contributed by atoms with van der Waals surface area (Å²) >= 11 is 0. The fourth-order valence-electron chi connectivity index (χ4n) is 1.52. The molecule has 2 nitrogen and oxygen atoms in total. The van der Waals surface area contributed by atoms with Gasteiger partial charge in [-0.05, 0) is 17.7 Å². The molecule has 15 heavy (non-hydrogen) atoms. The predicted octanol–water partition coefficient (Wildman–Crippen LogP) is 2.84. The van der Waals surface area contributed by atoms with Gasteiger partial charge in [0.25, 0.3) is 0 Å². The second-order valence-corrected chi connectivity index (χ2v) is 3.22. The minimum Gasteiger partial charge on any atom is -0.303 e. The van der Waals surface area contributed by atoms with Crippen molar-refractivity contribution in [2.24, 2.45) is 0 Å². The van der Waals surface area contributed by atoms with Crippen LogP contribution in [0.2, 0.25) is 0 Å². The monoisotopic (exact) mass is 197 g/mol. The van der Waals surface area contributed by atoms with Gasteiger partial charge in [-0.1, -0.05) is 30.4 Å². The smallest absolute Gasteiger partial charge is 0.123 e. The van der Waals surface area contributed by atoms with Gasteiger partial charge in [0, 0.05) is 18.0 Å². The number of hydrogen-bond donors (Lipinski definition) is 0. The van der Waals surface area contributed by atoms with Crippen molar-refractivity contribution in [1.29, 1.82) is 0 Å². The van der Waals surface area contributed by atoms with Gasteiger partial charge in [-0.2, -0.15) is 0 Å². The largest absolute Gasteiger partial charge is 0.303 e. The summed E-state index contributed by atoms with van der Waals surface area (Å²) in [6.45, 7) is 0. The Bertz CT molecular complexity index is 497. The highest BCUT2D eigenvalue weighted by Crippen LogP contribution is 2.17. The number of carbonyl (C=O) groups excluding carboxylic acids is 1. The number of nitrogens with zero attached hydrogens (tertiary/aromatic N) is 1. The number of rotatable bonds is 3. The molecule has 0 aliphatic heterocycles. The van der Waals surface area contributed by atoms with E-state index in [1.54, 1.807) is 6.20 Å². The van der Waals surface area contributed by atoms with Crippen LogP contribution in [-0.4, -0.2) is 11.3 Å². The lowest BCUT2D eigenvalue weighted by molar-refractivity contribution is -0.107. The average molecular weight is 197 g/mol. The lowest BCUT2D eigenvalue weighted by Gasteiger charge is -1.99. The van der Waals surface area contributed by atoms with Crippen LogP contribution in [0.5, 0.6) is 0 Å². The topological polar surface area (TPSA) is 30.0 Å². The molecule has 0 spiro atoms. The number of carbonyl (C=O) groups is 1. The molecule has 0 saturated carbocycles. The Morgan fingerprint density at radius 1 is 1.20 bits per heavy atom. The summed E-state index contributed by atoms with van der Waals surface area (Å²) in [5, 5.41) is 1.11. The van der Waals surface area contributed by atoms with Gasteiger partial charge in [0.1, 0.15) is 6.29 Å². The van der Waals surface area contributed by atoms with Gasteiger partial charge in [0.05, 0.1) is 5.52 Å². The molecule has 2 rings (SSSR count). The Hall–Kier alpha value is -1.96. The van der Waals surface area contributed by atoms with E-state index in [9.17, 15) is 4.79 Å². The predicted molar refractivity (Wildman–Crippen MR) is 61.5 cm³/mol. The maximum absolute atomic E-state index is 10.2. The Balaban J connectivity index is 2.46. The maximum atomic E-state index is 10.2. The van der Waals surface area contributed by atoms with E-state index < -0.39 is 0 Å². The lowest BCUT2D eigenvalue weighted by atomic mass is 10.1. The van der Waals surface area contributed by atoms with Gasteiger partial charge >= 0.3 is 0 Å². The second-order valence-electron chi connectivity index (χ2n) is 3.22. The number of fused-ring (bicyclic) bond motifs is 1. The Morgan fingerprint density at radius 3 is 3.00 bits per heavy atom. The second kappa shape index (κ2) is 4.51. The van der Waals surface area contributed by atoms with Crippen LogP contribution in [0, 0.1) is 0 Å². The van der Waals surface area contributed by atoms with E-state index in [4.69, 9.17) is 0 Å². The third-order valence-corrected chi connectivity index (χ3v) is 2.21. The molecule has 0 bridgehead atoms. The third kappa shape index (κ3) is 2.10. The van der Waals surface area contributed by atoms with Crippen molar-refractivity contribution in [3.05, 3.63) is 48.2 Å². The van der Waals surface area contributed by atoms with Crippen LogP contribution in [0.3, 0.4) is 0 Å². The van der Waals surface area contributed by atoms with E-state index in [1.165, 1.54) is 0 Å². The quantitative estimate of drug-likeness (QED) is 0.708. The van der Waals surface area contributed by atoms with Crippen LogP contribution in [-0.2, 0) is 4.79 Å². The highest BCUT2D eigenvalue weighted by atomic mass is 16.1. The number of hydrogen-bond acceptors (Lipinski definition) is 2. The van der Waals surface area contributed by atoms with Gasteiger partial charge in [0.15, 0.2) is 0 Å². The zero-order chi connectivity index (χ0) is 10.5. The summed E-state index contributed by atoms with van der Waals surface area (Å²) in [6.07, 6.45) is 6.94. The zero-order valence-electron chi connectivity index (χ0n) is 8.26. The van der Waals surface area contributed by atoms with Gasteiger partial charge in [-0.15, -0.1) is 0 Å². The molecule has 0 radical (unpaired) electrons. The summed E-state index contributed by atoms with van der Waals surface area (Å²) in [5.41, 5.74) is 2.08. The molecule has 0 aliphatic carbocycles. The van der Waals surface area contributed by atoms with Crippen LogP contribution in [0.15, 0.2) is 42.6 Å². The minimum absolute atomic E-state index is 0.455. The van der Waals surface area contributed by atoms with Gasteiger partial charge in [0.2, 0.25) is 0 Å². The third-order valence-electron chi connectivity index (χ3n) is 2.21. The first kappa shape index (κ1) is 9.59.